The van der Waals surface area contributed by atoms with Crippen LogP contribution in [-0.4, -0.2) is 39.3 Å². The standard InChI is InChI=1S/C17H17BrF3N3O3S/c1-24(2)28(26,27)13-5-3-4-12(8-13)23-16(25)10-22-11-6-7-15(18)14(9-11)17(19,20)21/h3-9,22H,10H2,1-2H3,(H,23,25). The summed E-state index contributed by atoms with van der Waals surface area (Å²) in [4.78, 5) is 12.1. The van der Waals surface area contributed by atoms with Gasteiger partial charge in [0.05, 0.1) is 17.0 Å². The molecule has 0 saturated carbocycles. The zero-order valence-corrected chi connectivity index (χ0v) is 17.2. The number of rotatable bonds is 6. The Labute approximate surface area is 168 Å². The van der Waals surface area contributed by atoms with Gasteiger partial charge in [-0.05, 0) is 36.4 Å². The molecule has 0 heterocycles. The largest absolute Gasteiger partial charge is 0.417 e. The number of benzene rings is 2. The predicted molar refractivity (Wildman–Crippen MR) is 104 cm³/mol. The van der Waals surface area contributed by atoms with E-state index in [9.17, 15) is 26.4 Å². The SMILES string of the molecule is CN(C)S(=O)(=O)c1cccc(NC(=O)CNc2ccc(Br)c(C(F)(F)F)c2)c1. The van der Waals surface area contributed by atoms with E-state index in [4.69, 9.17) is 0 Å². The summed E-state index contributed by atoms with van der Waals surface area (Å²) in [5, 5.41) is 5.11. The maximum absolute atomic E-state index is 12.9. The van der Waals surface area contributed by atoms with E-state index in [1.807, 2.05) is 0 Å². The second-order valence-electron chi connectivity index (χ2n) is 5.91. The maximum atomic E-state index is 12.9. The van der Waals surface area contributed by atoms with Crippen molar-refractivity contribution in [2.45, 2.75) is 11.1 Å². The minimum absolute atomic E-state index is 0.00554. The lowest BCUT2D eigenvalue weighted by atomic mass is 10.2. The van der Waals surface area contributed by atoms with Crippen LogP contribution in [0.15, 0.2) is 51.8 Å². The van der Waals surface area contributed by atoms with Crippen LogP contribution in [-0.2, 0) is 21.0 Å². The fraction of sp³-hybridized carbons (Fsp3) is 0.235. The van der Waals surface area contributed by atoms with Gasteiger partial charge in [0.25, 0.3) is 0 Å². The van der Waals surface area contributed by atoms with Gasteiger partial charge in [-0.2, -0.15) is 13.2 Å². The molecule has 0 radical (unpaired) electrons. The van der Waals surface area contributed by atoms with Crippen molar-refractivity contribution < 1.29 is 26.4 Å². The molecule has 2 aromatic carbocycles. The molecule has 0 aliphatic carbocycles. The molecule has 0 aromatic heterocycles. The van der Waals surface area contributed by atoms with Gasteiger partial charge in [0.1, 0.15) is 0 Å². The first kappa shape index (κ1) is 22.2. The highest BCUT2D eigenvalue weighted by molar-refractivity contribution is 9.10. The molecule has 0 aliphatic heterocycles. The zero-order chi connectivity index (χ0) is 21.1. The highest BCUT2D eigenvalue weighted by Gasteiger charge is 2.33. The Balaban J connectivity index is 2.06. The van der Waals surface area contributed by atoms with Crippen LogP contribution in [0.3, 0.4) is 0 Å². The van der Waals surface area contributed by atoms with Gasteiger partial charge >= 0.3 is 6.18 Å². The van der Waals surface area contributed by atoms with Gasteiger partial charge in [-0.3, -0.25) is 4.79 Å². The van der Waals surface area contributed by atoms with Crippen LogP contribution >= 0.6 is 15.9 Å². The molecule has 152 valence electrons. The van der Waals surface area contributed by atoms with Crippen molar-refractivity contribution in [1.82, 2.24) is 4.31 Å². The van der Waals surface area contributed by atoms with Crippen molar-refractivity contribution in [3.63, 3.8) is 0 Å². The lowest BCUT2D eigenvalue weighted by Crippen LogP contribution is -2.23. The van der Waals surface area contributed by atoms with E-state index >= 15 is 0 Å². The van der Waals surface area contributed by atoms with Crippen LogP contribution in [0.2, 0.25) is 0 Å². The number of nitrogens with one attached hydrogen (secondary N) is 2. The summed E-state index contributed by atoms with van der Waals surface area (Å²) in [6.45, 7) is -0.302. The molecular weight excluding hydrogens is 463 g/mol. The third kappa shape index (κ3) is 5.46. The van der Waals surface area contributed by atoms with Crippen LogP contribution in [0.1, 0.15) is 5.56 Å². The van der Waals surface area contributed by atoms with E-state index in [1.54, 1.807) is 0 Å². The monoisotopic (exact) mass is 479 g/mol. The van der Waals surface area contributed by atoms with E-state index in [0.29, 0.717) is 0 Å². The quantitative estimate of drug-likeness (QED) is 0.660. The molecule has 0 aliphatic rings. The summed E-state index contributed by atoms with van der Waals surface area (Å²) in [7, 11) is -0.884. The molecule has 6 nitrogen and oxygen atoms in total. The average molecular weight is 480 g/mol. The summed E-state index contributed by atoms with van der Waals surface area (Å²) >= 11 is 2.84. The minimum atomic E-state index is -4.53. The van der Waals surface area contributed by atoms with Crippen molar-refractivity contribution in [3.8, 4) is 0 Å². The molecule has 11 heteroatoms. The van der Waals surface area contributed by atoms with Gasteiger partial charge in [0.2, 0.25) is 15.9 Å². The number of alkyl halides is 3. The van der Waals surface area contributed by atoms with Crippen LogP contribution in [0.25, 0.3) is 0 Å². The van der Waals surface area contributed by atoms with Crippen molar-refractivity contribution >= 4 is 43.2 Å². The zero-order valence-electron chi connectivity index (χ0n) is 14.8. The Kier molecular flexibility index (Phi) is 6.73. The number of carbonyl (C=O) groups excluding carboxylic acids is 1. The third-order valence-corrected chi connectivity index (χ3v) is 6.12. The number of nitrogens with zero attached hydrogens (tertiary/aromatic N) is 1. The molecule has 0 fully saturated rings. The molecule has 0 atom stereocenters. The lowest BCUT2D eigenvalue weighted by Gasteiger charge is -2.14. The molecular formula is C17H17BrF3N3O3S. The number of sulfonamides is 1. The van der Waals surface area contributed by atoms with E-state index in [0.717, 1.165) is 10.4 Å². The van der Waals surface area contributed by atoms with Gasteiger partial charge in [0.15, 0.2) is 0 Å². The Morgan fingerprint density at radius 1 is 1.11 bits per heavy atom. The molecule has 2 rings (SSSR count). The summed E-state index contributed by atoms with van der Waals surface area (Å²) in [5.41, 5.74) is -0.490. The minimum Gasteiger partial charge on any atom is -0.376 e. The molecule has 28 heavy (non-hydrogen) atoms. The van der Waals surface area contributed by atoms with E-state index < -0.39 is 27.7 Å². The van der Waals surface area contributed by atoms with Crippen molar-refractivity contribution in [2.75, 3.05) is 31.3 Å². The van der Waals surface area contributed by atoms with Gasteiger partial charge in [0, 0.05) is 29.9 Å². The Morgan fingerprint density at radius 2 is 1.79 bits per heavy atom. The van der Waals surface area contributed by atoms with Crippen LogP contribution in [0.4, 0.5) is 24.5 Å². The fourth-order valence-corrected chi connectivity index (χ4v) is 3.60. The topological polar surface area (TPSA) is 78.5 Å². The predicted octanol–water partition coefficient (Wildman–Crippen LogP) is 3.77. The second kappa shape index (κ2) is 8.50. The van der Waals surface area contributed by atoms with Gasteiger partial charge in [-0.25, -0.2) is 12.7 Å². The third-order valence-electron chi connectivity index (χ3n) is 3.62. The van der Waals surface area contributed by atoms with Crippen molar-refractivity contribution in [3.05, 3.63) is 52.5 Å². The van der Waals surface area contributed by atoms with Crippen LogP contribution in [0, 0.1) is 0 Å². The molecule has 0 spiro atoms. The number of hydrogen-bond acceptors (Lipinski definition) is 4. The molecule has 2 N–H and O–H groups in total. The Hall–Kier alpha value is -2.11. The normalized spacial score (nSPS) is 12.1. The average Bonchev–Trinajstić information content (AvgIpc) is 2.60. The molecule has 1 amide bonds. The van der Waals surface area contributed by atoms with Gasteiger partial charge in [-0.15, -0.1) is 0 Å². The summed E-state index contributed by atoms with van der Waals surface area (Å²) in [6.07, 6.45) is -4.53. The molecule has 0 saturated heterocycles. The highest BCUT2D eigenvalue weighted by atomic mass is 79.9. The van der Waals surface area contributed by atoms with Gasteiger partial charge in [-0.1, -0.05) is 22.0 Å². The number of halogens is 4. The first-order chi connectivity index (χ1) is 12.9. The van der Waals surface area contributed by atoms with Crippen LogP contribution in [0.5, 0.6) is 0 Å². The maximum Gasteiger partial charge on any atom is 0.417 e. The van der Waals surface area contributed by atoms with E-state index in [-0.39, 0.29) is 27.3 Å². The van der Waals surface area contributed by atoms with E-state index in [2.05, 4.69) is 26.6 Å². The van der Waals surface area contributed by atoms with Crippen molar-refractivity contribution in [2.24, 2.45) is 0 Å². The second-order valence-corrected chi connectivity index (χ2v) is 8.92. The molecule has 0 unspecified atom stereocenters. The van der Waals surface area contributed by atoms with Crippen LogP contribution < -0.4 is 10.6 Å². The lowest BCUT2D eigenvalue weighted by molar-refractivity contribution is -0.138. The first-order valence-corrected chi connectivity index (χ1v) is 10.1. The van der Waals surface area contributed by atoms with Gasteiger partial charge < -0.3 is 10.6 Å². The summed E-state index contributed by atoms with van der Waals surface area (Å²) < 4.78 is 63.9. The number of amides is 1. The number of hydrogen-bond donors (Lipinski definition) is 2. The molecule has 2 aromatic rings. The fourth-order valence-electron chi connectivity index (χ4n) is 2.19. The Bertz CT molecular complexity index is 979. The smallest absolute Gasteiger partial charge is 0.376 e. The van der Waals surface area contributed by atoms with Crippen molar-refractivity contribution in [1.29, 1.82) is 0 Å². The summed E-state index contributed by atoms with van der Waals surface area (Å²) in [5.74, 6) is -0.545. The Morgan fingerprint density at radius 3 is 2.39 bits per heavy atom. The first-order valence-electron chi connectivity index (χ1n) is 7.84. The number of anilines is 2. The molecule has 0 bridgehead atoms. The highest BCUT2D eigenvalue weighted by Crippen LogP contribution is 2.36. The van der Waals surface area contributed by atoms with E-state index in [1.165, 1.54) is 50.5 Å². The number of carbonyl (C=O) groups is 1. The summed E-state index contributed by atoms with van der Waals surface area (Å²) in [6, 6.07) is 9.20.